The van der Waals surface area contributed by atoms with Gasteiger partial charge < -0.3 is 15.2 Å². The zero-order valence-electron chi connectivity index (χ0n) is 21.1. The number of ether oxygens (including phenoxy) is 1. The standard InChI is InChI=1S/C26H29N3O8S/c1-17(30)27-20-11-12-24(38(34,35)28-22(16-25(31)32)26(33)29(2)36-3)23(15-20)37-14-13-19-9-6-8-18-7-4-5-10-21(18)19/h4-12,15,22,28H,13-14,16H2,1-3H3,(H,27,30)(H,31,32). The zero-order chi connectivity index (χ0) is 27.9. The maximum Gasteiger partial charge on any atom is 0.305 e. The quantitative estimate of drug-likeness (QED) is 0.295. The number of carboxylic acid groups (broad SMARTS) is 1. The Morgan fingerprint density at radius 1 is 1.05 bits per heavy atom. The Hall–Kier alpha value is -4.00. The van der Waals surface area contributed by atoms with Gasteiger partial charge in [0.15, 0.2) is 0 Å². The highest BCUT2D eigenvalue weighted by Crippen LogP contribution is 2.29. The van der Waals surface area contributed by atoms with Gasteiger partial charge in [-0.1, -0.05) is 42.5 Å². The molecule has 1 unspecified atom stereocenters. The van der Waals surface area contributed by atoms with Gasteiger partial charge in [-0.3, -0.25) is 19.2 Å². The van der Waals surface area contributed by atoms with E-state index in [0.29, 0.717) is 12.1 Å². The largest absolute Gasteiger partial charge is 0.492 e. The van der Waals surface area contributed by atoms with E-state index in [0.717, 1.165) is 21.4 Å². The van der Waals surface area contributed by atoms with Crippen LogP contribution in [0.4, 0.5) is 5.69 Å². The molecule has 0 fully saturated rings. The van der Waals surface area contributed by atoms with E-state index in [1.807, 2.05) is 42.5 Å². The Bertz CT molecular complexity index is 1440. The lowest BCUT2D eigenvalue weighted by molar-refractivity contribution is -0.171. The molecule has 0 aliphatic rings. The fourth-order valence-electron chi connectivity index (χ4n) is 3.82. The van der Waals surface area contributed by atoms with Gasteiger partial charge in [-0.05, 0) is 28.5 Å². The summed E-state index contributed by atoms with van der Waals surface area (Å²) >= 11 is 0. The van der Waals surface area contributed by atoms with Crippen LogP contribution >= 0.6 is 0 Å². The second-order valence-electron chi connectivity index (χ2n) is 8.37. The van der Waals surface area contributed by atoms with E-state index in [4.69, 9.17) is 9.57 Å². The third kappa shape index (κ3) is 7.28. The number of rotatable bonds is 12. The summed E-state index contributed by atoms with van der Waals surface area (Å²) in [7, 11) is -2.03. The minimum atomic E-state index is -4.45. The van der Waals surface area contributed by atoms with Crippen molar-refractivity contribution in [1.82, 2.24) is 9.79 Å². The minimum absolute atomic E-state index is 0.0781. The number of benzene rings is 3. The number of hydroxylamine groups is 2. The van der Waals surface area contributed by atoms with Crippen LogP contribution in [0.2, 0.25) is 0 Å². The molecular formula is C26H29N3O8S. The van der Waals surface area contributed by atoms with Crippen molar-refractivity contribution in [3.63, 3.8) is 0 Å². The maximum absolute atomic E-state index is 13.3. The zero-order valence-corrected chi connectivity index (χ0v) is 21.9. The van der Waals surface area contributed by atoms with Crippen LogP contribution in [0.5, 0.6) is 5.75 Å². The Labute approximate surface area is 220 Å². The first-order chi connectivity index (χ1) is 18.0. The molecule has 2 amide bonds. The highest BCUT2D eigenvalue weighted by molar-refractivity contribution is 7.89. The first-order valence-electron chi connectivity index (χ1n) is 11.6. The lowest BCUT2D eigenvalue weighted by Crippen LogP contribution is -2.48. The van der Waals surface area contributed by atoms with E-state index in [2.05, 4.69) is 10.0 Å². The number of likely N-dealkylation sites (N-methyl/N-ethyl adjacent to an activating group) is 1. The van der Waals surface area contributed by atoms with Gasteiger partial charge in [0.2, 0.25) is 15.9 Å². The number of hydrogen-bond donors (Lipinski definition) is 3. The van der Waals surface area contributed by atoms with Crippen LogP contribution < -0.4 is 14.8 Å². The van der Waals surface area contributed by atoms with Crippen molar-refractivity contribution in [2.45, 2.75) is 30.7 Å². The minimum Gasteiger partial charge on any atom is -0.492 e. The molecule has 0 radical (unpaired) electrons. The van der Waals surface area contributed by atoms with E-state index < -0.39 is 34.4 Å². The Kier molecular flexibility index (Phi) is 9.40. The van der Waals surface area contributed by atoms with E-state index >= 15 is 0 Å². The molecule has 3 aromatic rings. The molecule has 38 heavy (non-hydrogen) atoms. The predicted octanol–water partition coefficient (Wildman–Crippen LogP) is 2.56. The Balaban J connectivity index is 1.90. The molecule has 0 aromatic heterocycles. The molecule has 3 rings (SSSR count). The number of fused-ring (bicyclic) bond motifs is 1. The Morgan fingerprint density at radius 2 is 1.76 bits per heavy atom. The van der Waals surface area contributed by atoms with Crippen LogP contribution in [0, 0.1) is 0 Å². The summed E-state index contributed by atoms with van der Waals surface area (Å²) in [6.07, 6.45) is -0.357. The second kappa shape index (κ2) is 12.5. The van der Waals surface area contributed by atoms with E-state index in [1.54, 1.807) is 0 Å². The first-order valence-corrected chi connectivity index (χ1v) is 13.1. The van der Waals surface area contributed by atoms with Crippen LogP contribution in [0.25, 0.3) is 10.8 Å². The van der Waals surface area contributed by atoms with Gasteiger partial charge in [-0.15, -0.1) is 0 Å². The summed E-state index contributed by atoms with van der Waals surface area (Å²) in [5.41, 5.74) is 1.30. The smallest absolute Gasteiger partial charge is 0.305 e. The van der Waals surface area contributed by atoms with Crippen LogP contribution in [0.15, 0.2) is 65.6 Å². The molecule has 12 heteroatoms. The number of carboxylic acids is 1. The molecule has 1 atom stereocenters. The van der Waals surface area contributed by atoms with E-state index in [-0.39, 0.29) is 23.2 Å². The predicted molar refractivity (Wildman–Crippen MR) is 140 cm³/mol. The monoisotopic (exact) mass is 543 g/mol. The van der Waals surface area contributed by atoms with Crippen molar-refractivity contribution >= 4 is 44.3 Å². The number of carbonyl (C=O) groups is 3. The van der Waals surface area contributed by atoms with Gasteiger partial charge >= 0.3 is 5.97 Å². The summed E-state index contributed by atoms with van der Waals surface area (Å²) in [5, 5.41) is 14.6. The normalized spacial score (nSPS) is 12.1. The summed E-state index contributed by atoms with van der Waals surface area (Å²) < 4.78 is 34.7. The average Bonchev–Trinajstić information content (AvgIpc) is 2.86. The molecule has 202 valence electrons. The number of hydrogen-bond acceptors (Lipinski definition) is 7. The lowest BCUT2D eigenvalue weighted by atomic mass is 10.0. The van der Waals surface area contributed by atoms with Crippen molar-refractivity contribution in [3.8, 4) is 5.75 Å². The van der Waals surface area contributed by atoms with Crippen molar-refractivity contribution < 1.29 is 37.5 Å². The highest BCUT2D eigenvalue weighted by Gasteiger charge is 2.32. The molecule has 3 aromatic carbocycles. The number of nitrogens with zero attached hydrogens (tertiary/aromatic N) is 1. The van der Waals surface area contributed by atoms with Gasteiger partial charge in [0.1, 0.15) is 16.7 Å². The number of aliphatic carboxylic acids is 1. The van der Waals surface area contributed by atoms with E-state index in [9.17, 15) is 27.9 Å². The number of sulfonamides is 1. The van der Waals surface area contributed by atoms with Crippen LogP contribution in [0.3, 0.4) is 0 Å². The molecule has 0 spiro atoms. The first kappa shape index (κ1) is 28.6. The van der Waals surface area contributed by atoms with E-state index in [1.165, 1.54) is 39.3 Å². The molecule has 0 aliphatic heterocycles. The number of carbonyl (C=O) groups excluding carboxylic acids is 2. The Morgan fingerprint density at radius 3 is 2.45 bits per heavy atom. The summed E-state index contributed by atoms with van der Waals surface area (Å²) in [4.78, 5) is 39.9. The molecule has 3 N–H and O–H groups in total. The molecular weight excluding hydrogens is 514 g/mol. The highest BCUT2D eigenvalue weighted by atomic mass is 32.2. The van der Waals surface area contributed by atoms with Crippen molar-refractivity contribution in [2.75, 3.05) is 26.1 Å². The number of amides is 2. The third-order valence-electron chi connectivity index (χ3n) is 5.62. The molecule has 0 aliphatic carbocycles. The van der Waals surface area contributed by atoms with Crippen molar-refractivity contribution in [3.05, 3.63) is 66.2 Å². The number of nitrogens with one attached hydrogen (secondary N) is 2. The third-order valence-corrected chi connectivity index (χ3v) is 7.13. The van der Waals surface area contributed by atoms with Gasteiger partial charge in [0.05, 0.1) is 20.1 Å². The summed E-state index contributed by atoms with van der Waals surface area (Å²) in [6, 6.07) is 16.0. The van der Waals surface area contributed by atoms with Crippen LogP contribution in [-0.2, 0) is 35.7 Å². The average molecular weight is 544 g/mol. The van der Waals surface area contributed by atoms with Crippen molar-refractivity contribution in [1.29, 1.82) is 0 Å². The second-order valence-corrected chi connectivity index (χ2v) is 10.1. The fraction of sp³-hybridized carbons (Fsp3) is 0.269. The topological polar surface area (TPSA) is 151 Å². The summed E-state index contributed by atoms with van der Waals surface area (Å²) in [5.74, 6) is -2.73. The van der Waals surface area contributed by atoms with Crippen molar-refractivity contribution in [2.24, 2.45) is 0 Å². The lowest BCUT2D eigenvalue weighted by Gasteiger charge is -2.22. The molecule has 0 heterocycles. The molecule has 0 saturated heterocycles. The summed E-state index contributed by atoms with van der Waals surface area (Å²) in [6.45, 7) is 1.41. The SMILES string of the molecule is CON(C)C(=O)C(CC(=O)O)NS(=O)(=O)c1ccc(NC(C)=O)cc1OCCc1cccc2ccccc12. The van der Waals surface area contributed by atoms with Gasteiger partial charge in [-0.25, -0.2) is 13.5 Å². The fourth-order valence-corrected chi connectivity index (χ4v) is 5.14. The maximum atomic E-state index is 13.3. The number of anilines is 1. The molecule has 11 nitrogen and oxygen atoms in total. The van der Waals surface area contributed by atoms with Crippen LogP contribution in [-0.4, -0.2) is 63.2 Å². The van der Waals surface area contributed by atoms with Gasteiger partial charge in [0, 0.05) is 32.1 Å². The molecule has 0 bridgehead atoms. The van der Waals surface area contributed by atoms with Gasteiger partial charge in [0.25, 0.3) is 5.91 Å². The van der Waals surface area contributed by atoms with Gasteiger partial charge in [-0.2, -0.15) is 4.72 Å². The molecule has 0 saturated carbocycles. The van der Waals surface area contributed by atoms with Crippen LogP contribution in [0.1, 0.15) is 18.9 Å².